The summed E-state index contributed by atoms with van der Waals surface area (Å²) in [4.78, 5) is 26.1. The molecule has 0 aliphatic carbocycles. The molecule has 3 aromatic carbocycles. The van der Waals surface area contributed by atoms with E-state index >= 15 is 0 Å². The Bertz CT molecular complexity index is 1290. The van der Waals surface area contributed by atoms with E-state index in [1.807, 2.05) is 43.3 Å². The number of rotatable bonds is 6. The molecule has 0 bridgehead atoms. The van der Waals surface area contributed by atoms with Gasteiger partial charge in [0.15, 0.2) is 0 Å². The minimum Gasteiger partial charge on any atom is -0.326 e. The largest absolute Gasteiger partial charge is 0.326 e. The molecule has 8 heteroatoms. The summed E-state index contributed by atoms with van der Waals surface area (Å²) in [6, 6.07) is 20.8. The number of hydrogen-bond acceptors (Lipinski definition) is 4. The smallest absolute Gasteiger partial charge is 0.258 e. The number of hydrogen-bond donors (Lipinski definition) is 2. The highest BCUT2D eigenvalue weighted by Crippen LogP contribution is 2.34. The predicted octanol–water partition coefficient (Wildman–Crippen LogP) is 3.71. The molecule has 4 rings (SSSR count). The molecular formula is C25H25N3O4S. The second-order valence-electron chi connectivity index (χ2n) is 8.09. The Morgan fingerprint density at radius 2 is 1.70 bits per heavy atom. The summed E-state index contributed by atoms with van der Waals surface area (Å²) in [6.45, 7) is 3.48. The molecule has 0 saturated carbocycles. The van der Waals surface area contributed by atoms with Crippen molar-refractivity contribution < 1.29 is 18.0 Å². The Morgan fingerprint density at radius 1 is 1.00 bits per heavy atom. The molecule has 0 saturated heterocycles. The Kier molecular flexibility index (Phi) is 6.31. The lowest BCUT2D eigenvalue weighted by Gasteiger charge is -2.23. The second kappa shape index (κ2) is 9.17. The zero-order valence-electron chi connectivity index (χ0n) is 18.4. The Labute approximate surface area is 193 Å². The molecule has 7 nitrogen and oxygen atoms in total. The lowest BCUT2D eigenvalue weighted by atomic mass is 10.1. The van der Waals surface area contributed by atoms with Crippen LogP contribution in [0.5, 0.6) is 0 Å². The van der Waals surface area contributed by atoms with Crippen LogP contribution < -0.4 is 14.9 Å². The molecule has 1 aliphatic heterocycles. The fourth-order valence-electron chi connectivity index (χ4n) is 3.97. The van der Waals surface area contributed by atoms with Crippen molar-refractivity contribution in [3.05, 3.63) is 89.5 Å². The van der Waals surface area contributed by atoms with Crippen molar-refractivity contribution in [2.45, 2.75) is 37.8 Å². The van der Waals surface area contributed by atoms with Crippen LogP contribution in [-0.4, -0.2) is 26.3 Å². The molecule has 0 spiro atoms. The third kappa shape index (κ3) is 4.97. The SMILES string of the molecule is CC(=O)Nc1ccc(S(=O)(=O)NCc2ccc3c(c2)N(C(=O)c2ccccc2)[C@@H](C)C3)cc1. The van der Waals surface area contributed by atoms with Gasteiger partial charge in [-0.3, -0.25) is 9.59 Å². The zero-order chi connectivity index (χ0) is 23.6. The molecule has 170 valence electrons. The molecule has 1 aliphatic rings. The fourth-order valence-corrected chi connectivity index (χ4v) is 4.99. The first kappa shape index (κ1) is 22.7. The van der Waals surface area contributed by atoms with Gasteiger partial charge < -0.3 is 10.2 Å². The second-order valence-corrected chi connectivity index (χ2v) is 9.85. The molecule has 2 amide bonds. The summed E-state index contributed by atoms with van der Waals surface area (Å²) in [5, 5.41) is 2.61. The van der Waals surface area contributed by atoms with Crippen LogP contribution in [-0.2, 0) is 27.8 Å². The van der Waals surface area contributed by atoms with Gasteiger partial charge in [0.25, 0.3) is 5.91 Å². The van der Waals surface area contributed by atoms with Gasteiger partial charge in [-0.2, -0.15) is 0 Å². The van der Waals surface area contributed by atoms with Crippen molar-refractivity contribution in [1.82, 2.24) is 4.72 Å². The monoisotopic (exact) mass is 463 g/mol. The van der Waals surface area contributed by atoms with Crippen LogP contribution in [0.3, 0.4) is 0 Å². The van der Waals surface area contributed by atoms with E-state index in [0.717, 1.165) is 23.2 Å². The van der Waals surface area contributed by atoms with E-state index in [1.54, 1.807) is 29.2 Å². The van der Waals surface area contributed by atoms with E-state index in [4.69, 9.17) is 0 Å². The highest BCUT2D eigenvalue weighted by molar-refractivity contribution is 7.89. The first-order valence-electron chi connectivity index (χ1n) is 10.6. The molecule has 0 fully saturated rings. The minimum absolute atomic E-state index is 0.0155. The predicted molar refractivity (Wildman–Crippen MR) is 128 cm³/mol. The van der Waals surface area contributed by atoms with Gasteiger partial charge in [0.05, 0.1) is 4.90 Å². The minimum atomic E-state index is -3.74. The number of nitrogens with zero attached hydrogens (tertiary/aromatic N) is 1. The molecule has 1 atom stereocenters. The number of fused-ring (bicyclic) bond motifs is 1. The maximum Gasteiger partial charge on any atom is 0.258 e. The van der Waals surface area contributed by atoms with Gasteiger partial charge in [-0.05, 0) is 66.9 Å². The molecule has 0 aromatic heterocycles. The number of benzene rings is 3. The molecule has 33 heavy (non-hydrogen) atoms. The van der Waals surface area contributed by atoms with E-state index < -0.39 is 10.0 Å². The maximum absolute atomic E-state index is 13.1. The molecule has 1 heterocycles. The summed E-state index contributed by atoms with van der Waals surface area (Å²) in [5.41, 5.74) is 3.77. The van der Waals surface area contributed by atoms with Crippen molar-refractivity contribution >= 4 is 33.2 Å². The van der Waals surface area contributed by atoms with Gasteiger partial charge in [0.1, 0.15) is 0 Å². The van der Waals surface area contributed by atoms with Crippen molar-refractivity contribution in [2.75, 3.05) is 10.2 Å². The van der Waals surface area contributed by atoms with Crippen molar-refractivity contribution in [3.63, 3.8) is 0 Å². The molecule has 0 radical (unpaired) electrons. The first-order valence-corrected chi connectivity index (χ1v) is 12.1. The van der Waals surface area contributed by atoms with Crippen LogP contribution in [0.1, 0.15) is 35.3 Å². The van der Waals surface area contributed by atoms with Gasteiger partial charge in [-0.1, -0.05) is 30.3 Å². The zero-order valence-corrected chi connectivity index (χ0v) is 19.2. The molecule has 0 unspecified atom stereocenters. The van der Waals surface area contributed by atoms with E-state index in [1.165, 1.54) is 19.1 Å². The molecular weight excluding hydrogens is 438 g/mol. The number of sulfonamides is 1. The fraction of sp³-hybridized carbons (Fsp3) is 0.200. The van der Waals surface area contributed by atoms with E-state index in [-0.39, 0.29) is 29.3 Å². The lowest BCUT2D eigenvalue weighted by Crippen LogP contribution is -2.35. The Morgan fingerprint density at radius 3 is 2.36 bits per heavy atom. The normalized spacial score (nSPS) is 15.2. The van der Waals surface area contributed by atoms with Crippen LogP contribution >= 0.6 is 0 Å². The van der Waals surface area contributed by atoms with Gasteiger partial charge in [0, 0.05) is 36.4 Å². The number of nitrogens with one attached hydrogen (secondary N) is 2. The van der Waals surface area contributed by atoms with Crippen LogP contribution in [0, 0.1) is 0 Å². The van der Waals surface area contributed by atoms with Crippen LogP contribution in [0.2, 0.25) is 0 Å². The summed E-state index contributed by atoms with van der Waals surface area (Å²) in [6.07, 6.45) is 0.751. The van der Waals surface area contributed by atoms with E-state index in [2.05, 4.69) is 10.0 Å². The Hall–Kier alpha value is -3.49. The van der Waals surface area contributed by atoms with Crippen molar-refractivity contribution in [2.24, 2.45) is 0 Å². The molecule has 3 aromatic rings. The summed E-state index contributed by atoms with van der Waals surface area (Å²) in [5.74, 6) is -0.298. The van der Waals surface area contributed by atoms with Crippen molar-refractivity contribution in [3.8, 4) is 0 Å². The lowest BCUT2D eigenvalue weighted by molar-refractivity contribution is -0.114. The summed E-state index contributed by atoms with van der Waals surface area (Å²) >= 11 is 0. The standard InChI is InChI=1S/C25H25N3O4S/c1-17-14-21-9-8-19(15-24(21)28(17)25(30)20-6-4-3-5-7-20)16-26-33(31,32)23-12-10-22(11-13-23)27-18(2)29/h3-13,15,17,26H,14,16H2,1-2H3,(H,27,29)/t17-/m0/s1. The highest BCUT2D eigenvalue weighted by Gasteiger charge is 2.31. The van der Waals surface area contributed by atoms with Gasteiger partial charge in [-0.25, -0.2) is 13.1 Å². The average molecular weight is 464 g/mol. The van der Waals surface area contributed by atoms with Crippen LogP contribution in [0.15, 0.2) is 77.7 Å². The third-order valence-electron chi connectivity index (χ3n) is 5.56. The quantitative estimate of drug-likeness (QED) is 0.583. The third-order valence-corrected chi connectivity index (χ3v) is 6.97. The van der Waals surface area contributed by atoms with Crippen molar-refractivity contribution in [1.29, 1.82) is 0 Å². The summed E-state index contributed by atoms with van der Waals surface area (Å²) < 4.78 is 28.1. The number of anilines is 2. The van der Waals surface area contributed by atoms with E-state index in [0.29, 0.717) is 11.3 Å². The maximum atomic E-state index is 13.1. The van der Waals surface area contributed by atoms with E-state index in [9.17, 15) is 18.0 Å². The number of carbonyl (C=O) groups is 2. The number of carbonyl (C=O) groups excluding carboxylic acids is 2. The highest BCUT2D eigenvalue weighted by atomic mass is 32.2. The van der Waals surface area contributed by atoms with Gasteiger partial charge in [0.2, 0.25) is 15.9 Å². The van der Waals surface area contributed by atoms with Crippen LogP contribution in [0.25, 0.3) is 0 Å². The van der Waals surface area contributed by atoms with Crippen LogP contribution in [0.4, 0.5) is 11.4 Å². The average Bonchev–Trinajstić information content (AvgIpc) is 3.12. The van der Waals surface area contributed by atoms with Gasteiger partial charge in [-0.15, -0.1) is 0 Å². The van der Waals surface area contributed by atoms with Gasteiger partial charge >= 0.3 is 0 Å². The Balaban J connectivity index is 1.51. The number of amides is 2. The first-order chi connectivity index (χ1) is 15.7. The molecule has 2 N–H and O–H groups in total. The summed E-state index contributed by atoms with van der Waals surface area (Å²) in [7, 11) is -3.74. The topological polar surface area (TPSA) is 95.6 Å².